The number of rotatable bonds is 9. The molecular weight excluding hydrogens is 465 g/mol. The van der Waals surface area contributed by atoms with Gasteiger partial charge >= 0.3 is 0 Å². The van der Waals surface area contributed by atoms with Crippen molar-refractivity contribution < 1.29 is 23.5 Å². The van der Waals surface area contributed by atoms with Gasteiger partial charge in [-0.2, -0.15) is 0 Å². The van der Waals surface area contributed by atoms with E-state index in [9.17, 15) is 14.0 Å². The fourth-order valence-electron chi connectivity index (χ4n) is 3.70. The average molecular weight is 490 g/mol. The predicted octanol–water partition coefficient (Wildman–Crippen LogP) is 6.77. The number of nitrogens with zero attached hydrogens (tertiary/aromatic N) is 1. The van der Waals surface area contributed by atoms with Crippen molar-refractivity contribution in [2.24, 2.45) is 0 Å². The molecule has 1 fully saturated rings. The van der Waals surface area contributed by atoms with E-state index in [1.54, 1.807) is 54.6 Å². The molecule has 1 saturated heterocycles. The Hall–Kier alpha value is -3.84. The van der Waals surface area contributed by atoms with Gasteiger partial charge in [0.1, 0.15) is 12.4 Å². The Bertz CT molecular complexity index is 1290. The lowest BCUT2D eigenvalue weighted by Gasteiger charge is -2.17. The maximum atomic E-state index is 13.6. The number of carbonyl (C=O) groups is 2. The van der Waals surface area contributed by atoms with Gasteiger partial charge in [-0.25, -0.2) is 9.29 Å². The maximum Gasteiger partial charge on any atom is 0.298 e. The zero-order valence-electron chi connectivity index (χ0n) is 19.2. The van der Waals surface area contributed by atoms with Crippen LogP contribution in [-0.4, -0.2) is 17.8 Å². The number of allylic oxidation sites excluding steroid dienone is 1. The van der Waals surface area contributed by atoms with Crippen LogP contribution in [0.3, 0.4) is 0 Å². The Balaban J connectivity index is 1.66. The Kier molecular flexibility index (Phi) is 7.67. The minimum absolute atomic E-state index is 0.164. The van der Waals surface area contributed by atoms with Gasteiger partial charge in [0.25, 0.3) is 11.1 Å². The highest BCUT2D eigenvalue weighted by Gasteiger charge is 2.36. The number of para-hydroxylation sites is 1. The first-order valence-electron chi connectivity index (χ1n) is 11.1. The number of hydrogen-bond donors (Lipinski definition) is 0. The van der Waals surface area contributed by atoms with E-state index in [1.807, 2.05) is 19.1 Å². The van der Waals surface area contributed by atoms with Gasteiger partial charge in [0, 0.05) is 5.56 Å². The summed E-state index contributed by atoms with van der Waals surface area (Å²) >= 11 is 0.894. The van der Waals surface area contributed by atoms with Crippen molar-refractivity contribution in [3.05, 3.63) is 107 Å². The van der Waals surface area contributed by atoms with Crippen molar-refractivity contribution in [2.75, 3.05) is 11.5 Å². The fourth-order valence-corrected chi connectivity index (χ4v) is 4.54. The predicted molar refractivity (Wildman–Crippen MR) is 137 cm³/mol. The second-order valence-corrected chi connectivity index (χ2v) is 8.70. The van der Waals surface area contributed by atoms with Crippen LogP contribution >= 0.6 is 11.8 Å². The second-order valence-electron chi connectivity index (χ2n) is 7.70. The molecule has 7 heteroatoms. The van der Waals surface area contributed by atoms with Crippen LogP contribution in [0.2, 0.25) is 0 Å². The van der Waals surface area contributed by atoms with Crippen molar-refractivity contribution in [3.63, 3.8) is 0 Å². The van der Waals surface area contributed by atoms with Crippen molar-refractivity contribution in [1.29, 1.82) is 0 Å². The topological polar surface area (TPSA) is 55.8 Å². The van der Waals surface area contributed by atoms with Gasteiger partial charge in [-0.05, 0) is 78.7 Å². The number of halogens is 1. The van der Waals surface area contributed by atoms with Crippen LogP contribution in [0.5, 0.6) is 11.5 Å². The van der Waals surface area contributed by atoms with Gasteiger partial charge < -0.3 is 9.47 Å². The van der Waals surface area contributed by atoms with E-state index in [4.69, 9.17) is 9.47 Å². The lowest BCUT2D eigenvalue weighted by Crippen LogP contribution is -2.27. The Morgan fingerprint density at radius 1 is 1.03 bits per heavy atom. The molecule has 35 heavy (non-hydrogen) atoms. The molecule has 0 aromatic heterocycles. The number of hydrogen-bond acceptors (Lipinski definition) is 5. The largest absolute Gasteiger partial charge is 0.490 e. The van der Waals surface area contributed by atoms with Crippen molar-refractivity contribution in [1.82, 2.24) is 0 Å². The van der Waals surface area contributed by atoms with Crippen molar-refractivity contribution >= 4 is 34.7 Å². The van der Waals surface area contributed by atoms with Crippen LogP contribution in [0.4, 0.5) is 14.9 Å². The van der Waals surface area contributed by atoms with Gasteiger partial charge in [-0.1, -0.05) is 36.4 Å². The standard InChI is InChI=1S/C28H24FNO4S/c1-3-9-21-14-20(17-25-27(31)30(28(32)35-25)23-12-6-5-7-13-23)16-24(33-4-2)26(21)34-18-19-10-8-11-22(29)15-19/h3,5-8,10-17H,1,4,9,18H2,2H3/b25-17-. The number of ether oxygens (including phenoxy) is 2. The Morgan fingerprint density at radius 3 is 2.54 bits per heavy atom. The molecule has 0 spiro atoms. The molecule has 3 aromatic carbocycles. The van der Waals surface area contributed by atoms with E-state index in [0.29, 0.717) is 46.2 Å². The number of anilines is 1. The van der Waals surface area contributed by atoms with Gasteiger partial charge in [0.2, 0.25) is 0 Å². The molecule has 1 aliphatic heterocycles. The summed E-state index contributed by atoms with van der Waals surface area (Å²) in [5, 5.41) is -0.348. The van der Waals surface area contributed by atoms with E-state index in [-0.39, 0.29) is 23.6 Å². The molecule has 0 N–H and O–H groups in total. The molecule has 0 atom stereocenters. The van der Waals surface area contributed by atoms with Crippen LogP contribution < -0.4 is 14.4 Å². The first-order valence-corrected chi connectivity index (χ1v) is 11.9. The highest BCUT2D eigenvalue weighted by molar-refractivity contribution is 8.19. The number of carbonyl (C=O) groups excluding carboxylic acids is 2. The molecule has 3 aromatic rings. The van der Waals surface area contributed by atoms with Gasteiger partial charge in [-0.3, -0.25) is 9.59 Å². The smallest absolute Gasteiger partial charge is 0.298 e. The summed E-state index contributed by atoms with van der Waals surface area (Å²) < 4.78 is 25.5. The lowest BCUT2D eigenvalue weighted by atomic mass is 10.0. The van der Waals surface area contributed by atoms with Crippen LogP contribution in [0.25, 0.3) is 6.08 Å². The molecule has 0 bridgehead atoms. The van der Waals surface area contributed by atoms with Crippen molar-refractivity contribution in [2.45, 2.75) is 20.0 Å². The molecule has 178 valence electrons. The van der Waals surface area contributed by atoms with Gasteiger partial charge in [-0.15, -0.1) is 6.58 Å². The van der Waals surface area contributed by atoms with Crippen molar-refractivity contribution in [3.8, 4) is 11.5 Å². The Labute approximate surface area is 207 Å². The van der Waals surface area contributed by atoms with E-state index < -0.39 is 0 Å². The summed E-state index contributed by atoms with van der Waals surface area (Å²) in [5.74, 6) is 0.324. The van der Waals surface area contributed by atoms with Gasteiger partial charge in [0.05, 0.1) is 17.2 Å². The number of imide groups is 1. The molecule has 0 saturated carbocycles. The van der Waals surface area contributed by atoms with Crippen LogP contribution in [0.1, 0.15) is 23.6 Å². The fraction of sp³-hybridized carbons (Fsp3) is 0.143. The summed E-state index contributed by atoms with van der Waals surface area (Å²) in [4.78, 5) is 27.1. The molecule has 5 nitrogen and oxygen atoms in total. The first kappa shape index (κ1) is 24.3. The molecule has 1 aliphatic rings. The van der Waals surface area contributed by atoms with Crippen LogP contribution in [-0.2, 0) is 17.8 Å². The number of benzene rings is 3. The lowest BCUT2D eigenvalue weighted by molar-refractivity contribution is -0.113. The van der Waals surface area contributed by atoms with E-state index >= 15 is 0 Å². The normalized spacial score (nSPS) is 14.5. The van der Waals surface area contributed by atoms with E-state index in [0.717, 1.165) is 17.3 Å². The SMILES string of the molecule is C=CCc1cc(/C=C2\SC(=O)N(c3ccccc3)C2=O)cc(OCC)c1OCc1cccc(F)c1. The summed E-state index contributed by atoms with van der Waals surface area (Å²) in [5.41, 5.74) is 2.72. The minimum atomic E-state index is -0.374. The molecular formula is C28H24FNO4S. The zero-order valence-corrected chi connectivity index (χ0v) is 20.0. The minimum Gasteiger partial charge on any atom is -0.490 e. The molecule has 0 radical (unpaired) electrons. The molecule has 1 heterocycles. The number of thioether (sulfide) groups is 1. The summed E-state index contributed by atoms with van der Waals surface area (Å²) in [7, 11) is 0. The van der Waals surface area contributed by atoms with Crippen LogP contribution in [0, 0.1) is 5.82 Å². The summed E-state index contributed by atoms with van der Waals surface area (Å²) in [6.45, 7) is 6.26. The monoisotopic (exact) mass is 489 g/mol. The highest BCUT2D eigenvalue weighted by Crippen LogP contribution is 2.39. The number of amides is 2. The maximum absolute atomic E-state index is 13.6. The third kappa shape index (κ3) is 5.63. The van der Waals surface area contributed by atoms with Gasteiger partial charge in [0.15, 0.2) is 11.5 Å². The third-order valence-electron chi connectivity index (χ3n) is 5.20. The average Bonchev–Trinajstić information content (AvgIpc) is 3.12. The molecule has 2 amide bonds. The molecule has 0 aliphatic carbocycles. The van der Waals surface area contributed by atoms with Crippen LogP contribution in [0.15, 0.2) is 84.3 Å². The summed E-state index contributed by atoms with van der Waals surface area (Å²) in [6.07, 6.45) is 3.91. The summed E-state index contributed by atoms with van der Waals surface area (Å²) in [6, 6.07) is 18.7. The zero-order chi connectivity index (χ0) is 24.8. The highest BCUT2D eigenvalue weighted by atomic mass is 32.2. The van der Waals surface area contributed by atoms with E-state index in [2.05, 4.69) is 6.58 Å². The van der Waals surface area contributed by atoms with E-state index in [1.165, 1.54) is 17.0 Å². The second kappa shape index (κ2) is 11.1. The molecule has 0 unspecified atom stereocenters. The quantitative estimate of drug-likeness (QED) is 0.245. The Morgan fingerprint density at radius 2 is 1.83 bits per heavy atom. The first-order chi connectivity index (χ1) is 17.0. The molecule has 4 rings (SSSR count). The third-order valence-corrected chi connectivity index (χ3v) is 6.07.